The Morgan fingerprint density at radius 1 is 1.50 bits per heavy atom. The minimum absolute atomic E-state index is 0.303. The lowest BCUT2D eigenvalue weighted by molar-refractivity contribution is -0.117. The van der Waals surface area contributed by atoms with E-state index in [9.17, 15) is 4.79 Å². The highest BCUT2D eigenvalue weighted by Crippen LogP contribution is 2.26. The molecule has 0 saturated heterocycles. The van der Waals surface area contributed by atoms with E-state index in [0.29, 0.717) is 12.8 Å². The van der Waals surface area contributed by atoms with Crippen molar-refractivity contribution in [1.29, 1.82) is 0 Å². The standard InChI is InChI=1S/C12H13NO3/c1-15-9-3-4-10-8(2-5-12(13)14)7-16-11(10)6-9/h3-4,6-7H,2,5H2,1H3,(H2,13,14). The van der Waals surface area contributed by atoms with Crippen LogP contribution < -0.4 is 10.5 Å². The monoisotopic (exact) mass is 219 g/mol. The van der Waals surface area contributed by atoms with Crippen LogP contribution in [0.5, 0.6) is 5.75 Å². The maximum Gasteiger partial charge on any atom is 0.217 e. The molecule has 0 fully saturated rings. The van der Waals surface area contributed by atoms with E-state index < -0.39 is 0 Å². The number of aryl methyl sites for hydroxylation is 1. The number of benzene rings is 1. The highest BCUT2D eigenvalue weighted by molar-refractivity contribution is 5.83. The lowest BCUT2D eigenvalue weighted by Crippen LogP contribution is -2.10. The zero-order chi connectivity index (χ0) is 11.5. The molecule has 0 aliphatic heterocycles. The minimum Gasteiger partial charge on any atom is -0.497 e. The number of nitrogens with two attached hydrogens (primary N) is 1. The van der Waals surface area contributed by atoms with Crippen molar-refractivity contribution in [1.82, 2.24) is 0 Å². The number of rotatable bonds is 4. The van der Waals surface area contributed by atoms with Crippen LogP contribution in [0.15, 0.2) is 28.9 Å². The van der Waals surface area contributed by atoms with Gasteiger partial charge in [0, 0.05) is 17.9 Å². The molecule has 0 bridgehead atoms. The highest BCUT2D eigenvalue weighted by atomic mass is 16.5. The topological polar surface area (TPSA) is 65.5 Å². The van der Waals surface area contributed by atoms with Gasteiger partial charge in [-0.3, -0.25) is 4.79 Å². The number of carbonyl (C=O) groups is 1. The van der Waals surface area contributed by atoms with Crippen LogP contribution >= 0.6 is 0 Å². The van der Waals surface area contributed by atoms with Crippen molar-refractivity contribution in [2.45, 2.75) is 12.8 Å². The number of methoxy groups -OCH3 is 1. The Bertz CT molecular complexity index is 516. The van der Waals surface area contributed by atoms with Crippen LogP contribution in [0.3, 0.4) is 0 Å². The maximum absolute atomic E-state index is 10.7. The third kappa shape index (κ3) is 2.00. The van der Waals surface area contributed by atoms with Crippen molar-refractivity contribution in [3.05, 3.63) is 30.0 Å². The van der Waals surface area contributed by atoms with Gasteiger partial charge in [0.2, 0.25) is 5.91 Å². The summed E-state index contributed by atoms with van der Waals surface area (Å²) in [6.45, 7) is 0. The first-order chi connectivity index (χ1) is 7.70. The molecule has 2 aromatic rings. The summed E-state index contributed by atoms with van der Waals surface area (Å²) in [5, 5.41) is 1.00. The predicted molar refractivity (Wildman–Crippen MR) is 60.3 cm³/mol. The molecule has 0 unspecified atom stereocenters. The molecule has 0 atom stereocenters. The Kier molecular flexibility index (Phi) is 2.81. The molecule has 2 N–H and O–H groups in total. The Morgan fingerprint density at radius 2 is 2.31 bits per heavy atom. The summed E-state index contributed by atoms with van der Waals surface area (Å²) in [6.07, 6.45) is 2.60. The van der Waals surface area contributed by atoms with Crippen molar-refractivity contribution in [3.63, 3.8) is 0 Å². The minimum atomic E-state index is -0.303. The normalized spacial score (nSPS) is 10.6. The first kappa shape index (κ1) is 10.5. The average molecular weight is 219 g/mol. The van der Waals surface area contributed by atoms with Crippen molar-refractivity contribution < 1.29 is 13.9 Å². The van der Waals surface area contributed by atoms with E-state index in [0.717, 1.165) is 22.3 Å². The van der Waals surface area contributed by atoms with Crippen molar-refractivity contribution in [2.24, 2.45) is 5.73 Å². The Morgan fingerprint density at radius 3 is 3.00 bits per heavy atom. The van der Waals surface area contributed by atoms with Gasteiger partial charge < -0.3 is 14.9 Å². The number of amides is 1. The SMILES string of the molecule is COc1ccc2c(CCC(N)=O)coc2c1. The van der Waals surface area contributed by atoms with Gasteiger partial charge in [-0.05, 0) is 24.1 Å². The zero-order valence-electron chi connectivity index (χ0n) is 9.03. The van der Waals surface area contributed by atoms with E-state index in [-0.39, 0.29) is 5.91 Å². The molecule has 0 radical (unpaired) electrons. The summed E-state index contributed by atoms with van der Waals surface area (Å²) in [5.41, 5.74) is 6.87. The van der Waals surface area contributed by atoms with Crippen molar-refractivity contribution >= 4 is 16.9 Å². The van der Waals surface area contributed by atoms with E-state index in [1.807, 2.05) is 18.2 Å². The molecular weight excluding hydrogens is 206 g/mol. The summed E-state index contributed by atoms with van der Waals surface area (Å²) in [4.78, 5) is 10.7. The van der Waals surface area contributed by atoms with Crippen molar-refractivity contribution in [3.8, 4) is 5.75 Å². The van der Waals surface area contributed by atoms with E-state index in [1.165, 1.54) is 0 Å². The van der Waals surface area contributed by atoms with Gasteiger partial charge in [-0.2, -0.15) is 0 Å². The smallest absolute Gasteiger partial charge is 0.217 e. The fourth-order valence-corrected chi connectivity index (χ4v) is 1.64. The lowest BCUT2D eigenvalue weighted by atomic mass is 10.1. The van der Waals surface area contributed by atoms with Gasteiger partial charge in [-0.1, -0.05) is 0 Å². The average Bonchev–Trinajstić information content (AvgIpc) is 2.68. The molecule has 1 amide bonds. The summed E-state index contributed by atoms with van der Waals surface area (Å²) in [7, 11) is 1.61. The zero-order valence-corrected chi connectivity index (χ0v) is 9.03. The van der Waals surface area contributed by atoms with Crippen LogP contribution in [0.25, 0.3) is 11.0 Å². The van der Waals surface area contributed by atoms with Crippen LogP contribution in [0.2, 0.25) is 0 Å². The van der Waals surface area contributed by atoms with Crippen LogP contribution in [-0.4, -0.2) is 13.0 Å². The summed E-state index contributed by atoms with van der Waals surface area (Å²) < 4.78 is 10.5. The second-order valence-corrected chi connectivity index (χ2v) is 3.59. The molecule has 0 saturated carbocycles. The van der Waals surface area contributed by atoms with Gasteiger partial charge in [0.15, 0.2) is 0 Å². The number of hydrogen-bond donors (Lipinski definition) is 1. The Labute approximate surface area is 93.0 Å². The fourth-order valence-electron chi connectivity index (χ4n) is 1.64. The molecule has 16 heavy (non-hydrogen) atoms. The molecule has 2 rings (SSSR count). The molecule has 0 spiro atoms. The molecule has 4 heteroatoms. The predicted octanol–water partition coefficient (Wildman–Crippen LogP) is 1.86. The second-order valence-electron chi connectivity index (χ2n) is 3.59. The van der Waals surface area contributed by atoms with Crippen molar-refractivity contribution in [2.75, 3.05) is 7.11 Å². The van der Waals surface area contributed by atoms with E-state index in [1.54, 1.807) is 13.4 Å². The molecule has 0 aliphatic rings. The van der Waals surface area contributed by atoms with E-state index in [2.05, 4.69) is 0 Å². The number of hydrogen-bond acceptors (Lipinski definition) is 3. The second kappa shape index (κ2) is 4.26. The lowest BCUT2D eigenvalue weighted by Gasteiger charge is -1.99. The summed E-state index contributed by atoms with van der Waals surface area (Å²) in [6, 6.07) is 5.61. The first-order valence-corrected chi connectivity index (χ1v) is 5.03. The number of furan rings is 1. The van der Waals surface area contributed by atoms with Gasteiger partial charge in [0.05, 0.1) is 13.4 Å². The number of primary amides is 1. The molecule has 1 heterocycles. The third-order valence-corrected chi connectivity index (χ3v) is 2.50. The van der Waals surface area contributed by atoms with E-state index in [4.69, 9.17) is 14.9 Å². The Hall–Kier alpha value is -1.97. The van der Waals surface area contributed by atoms with Crippen LogP contribution in [0, 0.1) is 0 Å². The summed E-state index contributed by atoms with van der Waals surface area (Å²) in [5.74, 6) is 0.450. The van der Waals surface area contributed by atoms with Crippen LogP contribution in [-0.2, 0) is 11.2 Å². The van der Waals surface area contributed by atoms with Gasteiger partial charge >= 0.3 is 0 Å². The van der Waals surface area contributed by atoms with Crippen LogP contribution in [0.4, 0.5) is 0 Å². The van der Waals surface area contributed by atoms with E-state index >= 15 is 0 Å². The quantitative estimate of drug-likeness (QED) is 0.853. The maximum atomic E-state index is 10.7. The number of carbonyl (C=O) groups excluding carboxylic acids is 1. The Balaban J connectivity index is 2.30. The van der Waals surface area contributed by atoms with Gasteiger partial charge in [-0.15, -0.1) is 0 Å². The highest BCUT2D eigenvalue weighted by Gasteiger charge is 2.07. The molecule has 4 nitrogen and oxygen atoms in total. The number of fused-ring (bicyclic) bond motifs is 1. The van der Waals surface area contributed by atoms with Gasteiger partial charge in [0.25, 0.3) is 0 Å². The van der Waals surface area contributed by atoms with Gasteiger partial charge in [0.1, 0.15) is 11.3 Å². The first-order valence-electron chi connectivity index (χ1n) is 5.03. The largest absolute Gasteiger partial charge is 0.497 e. The molecule has 0 aliphatic carbocycles. The fraction of sp³-hybridized carbons (Fsp3) is 0.250. The van der Waals surface area contributed by atoms with Gasteiger partial charge in [-0.25, -0.2) is 0 Å². The molecule has 1 aromatic carbocycles. The third-order valence-electron chi connectivity index (χ3n) is 2.50. The molecular formula is C12H13NO3. The summed E-state index contributed by atoms with van der Waals surface area (Å²) >= 11 is 0. The van der Waals surface area contributed by atoms with Crippen LogP contribution in [0.1, 0.15) is 12.0 Å². The number of ether oxygens (including phenoxy) is 1. The molecule has 1 aromatic heterocycles. The molecule has 84 valence electrons.